The first-order valence-electron chi connectivity index (χ1n) is 19.2. The van der Waals surface area contributed by atoms with Crippen molar-refractivity contribution in [2.45, 2.75) is 104 Å². The maximum atomic E-state index is 13.1. The van der Waals surface area contributed by atoms with Crippen LogP contribution in [0.2, 0.25) is 0 Å². The zero-order valence-corrected chi connectivity index (χ0v) is 33.3. The van der Waals surface area contributed by atoms with Crippen molar-refractivity contribution in [3.8, 4) is 23.0 Å². The average Bonchev–Trinajstić information content (AvgIpc) is 3.67. The second-order valence-corrected chi connectivity index (χ2v) is 15.0. The second-order valence-electron chi connectivity index (χ2n) is 15.0. The van der Waals surface area contributed by atoms with Gasteiger partial charge in [0, 0.05) is 12.3 Å². The van der Waals surface area contributed by atoms with Crippen molar-refractivity contribution < 1.29 is 64.5 Å². The number of rotatable bonds is 9. The summed E-state index contributed by atoms with van der Waals surface area (Å²) in [6.07, 6.45) is -7.93. The molecule has 4 aromatic rings. The predicted octanol–water partition coefficient (Wildman–Crippen LogP) is 10.4. The number of halogens is 6. The highest BCUT2D eigenvalue weighted by atomic mass is 19.4. The van der Waals surface area contributed by atoms with Crippen LogP contribution in [0.5, 0.6) is 23.0 Å². The molecule has 0 saturated carbocycles. The lowest BCUT2D eigenvalue weighted by Gasteiger charge is -2.28. The third-order valence-electron chi connectivity index (χ3n) is 10.5. The number of alkyl halides is 6. The number of alkyl carbamates (subject to hydrolysis) is 2. The van der Waals surface area contributed by atoms with Gasteiger partial charge in [-0.05, 0) is 146 Å². The predicted molar refractivity (Wildman–Crippen MR) is 205 cm³/mol. The Morgan fingerprint density at radius 2 is 1.22 bits per heavy atom. The van der Waals surface area contributed by atoms with Gasteiger partial charge >= 0.3 is 24.5 Å². The minimum atomic E-state index is -4.42. The van der Waals surface area contributed by atoms with Crippen molar-refractivity contribution in [2.24, 2.45) is 0 Å². The Hall–Kier alpha value is -6.06. The number of imide groups is 2. The van der Waals surface area contributed by atoms with Crippen molar-refractivity contribution in [1.29, 1.82) is 0 Å². The van der Waals surface area contributed by atoms with Gasteiger partial charge in [-0.1, -0.05) is 25.5 Å². The summed E-state index contributed by atoms with van der Waals surface area (Å²) in [5.41, 5.74) is 3.25. The number of carbonyl (C=O) groups excluding carboxylic acids is 4. The van der Waals surface area contributed by atoms with Crippen LogP contribution in [0.3, 0.4) is 0 Å². The third kappa shape index (κ3) is 9.86. The number of ether oxygens (including phenoxy) is 4. The quantitative estimate of drug-likeness (QED) is 0.159. The van der Waals surface area contributed by atoms with E-state index >= 15 is 0 Å². The Kier molecular flexibility index (Phi) is 12.5. The maximum Gasteiger partial charge on any atom is 0.416 e. The first-order chi connectivity index (χ1) is 28.2. The normalized spacial score (nSPS) is 18.8. The highest BCUT2D eigenvalue weighted by molar-refractivity contribution is 6.01. The van der Waals surface area contributed by atoms with Gasteiger partial charge in [0.05, 0.1) is 11.1 Å². The van der Waals surface area contributed by atoms with E-state index in [9.17, 15) is 45.5 Å². The molecule has 2 heterocycles. The van der Waals surface area contributed by atoms with Crippen LogP contribution in [0.4, 0.5) is 35.9 Å². The zero-order chi connectivity index (χ0) is 43.7. The summed E-state index contributed by atoms with van der Waals surface area (Å²) in [6.45, 7) is 7.95. The van der Waals surface area contributed by atoms with E-state index in [0.717, 1.165) is 60.1 Å². The van der Waals surface area contributed by atoms with E-state index in [4.69, 9.17) is 18.9 Å². The SMILES string of the molecule is CCCc1cc(Oc2cc(C)c(C(F)(F)F)cc2C)ccc1C[C@@H]1OC(=O)NC1=O.Cc1cc(C(F)(F)F)c(C)cc1Oc1ccc2c(c1)CCC[C@H]2C1OC(=O)NC1=O. The number of nitrogens with one attached hydrogen (secondary N) is 2. The fourth-order valence-electron chi connectivity index (χ4n) is 7.60. The highest BCUT2D eigenvalue weighted by Gasteiger charge is 2.41. The van der Waals surface area contributed by atoms with Crippen molar-refractivity contribution in [3.05, 3.63) is 116 Å². The van der Waals surface area contributed by atoms with Crippen molar-refractivity contribution >= 4 is 24.0 Å². The number of amides is 4. The third-order valence-corrected chi connectivity index (χ3v) is 10.5. The molecule has 2 aliphatic heterocycles. The van der Waals surface area contributed by atoms with Gasteiger partial charge in [0.1, 0.15) is 23.0 Å². The van der Waals surface area contributed by atoms with E-state index in [0.29, 0.717) is 40.5 Å². The van der Waals surface area contributed by atoms with Crippen LogP contribution in [-0.4, -0.2) is 36.2 Å². The van der Waals surface area contributed by atoms with E-state index < -0.39 is 59.7 Å². The minimum absolute atomic E-state index is 0.0857. The molecule has 1 aliphatic carbocycles. The lowest BCUT2D eigenvalue weighted by atomic mass is 9.79. The van der Waals surface area contributed by atoms with Gasteiger partial charge in [-0.2, -0.15) is 26.3 Å². The fourth-order valence-corrected chi connectivity index (χ4v) is 7.60. The molecule has 10 nitrogen and oxygen atoms in total. The van der Waals surface area contributed by atoms with E-state index in [1.807, 2.05) is 19.1 Å². The Morgan fingerprint density at radius 3 is 1.73 bits per heavy atom. The van der Waals surface area contributed by atoms with E-state index in [2.05, 4.69) is 10.6 Å². The van der Waals surface area contributed by atoms with E-state index in [-0.39, 0.29) is 23.5 Å². The van der Waals surface area contributed by atoms with Crippen LogP contribution in [-0.2, 0) is 50.7 Å². The maximum absolute atomic E-state index is 13.1. The molecule has 3 aliphatic rings. The summed E-state index contributed by atoms with van der Waals surface area (Å²) < 4.78 is 100. The number of hydrogen-bond donors (Lipinski definition) is 2. The van der Waals surface area contributed by atoms with Crippen LogP contribution >= 0.6 is 0 Å². The molecular weight excluding hydrogens is 798 g/mol. The molecule has 2 N–H and O–H groups in total. The molecule has 7 rings (SSSR count). The monoisotopic (exact) mass is 840 g/mol. The number of carbonyl (C=O) groups is 4. The summed E-state index contributed by atoms with van der Waals surface area (Å²) >= 11 is 0. The van der Waals surface area contributed by atoms with Gasteiger partial charge in [0.25, 0.3) is 11.8 Å². The standard InChI is InChI=1S/C22H20F3NO4.C22H22F3NO4/c1-11-9-18(12(2)8-17(11)22(23,24)25)29-14-6-7-15-13(10-14)4-3-5-16(15)19-20(27)26-21(28)30-19;1-4-5-14-10-16(7-6-15(14)11-19-20(27)26-21(28)30-19)29-18-9-12(2)17(8-13(18)3)22(23,24)25/h6-10,16,19H,3-5H2,1-2H3,(H,26,27,28);6-10,19H,4-5,11H2,1-3H3,(H,26,27,28)/t16-,19?;19-/m10/s1. The Balaban J connectivity index is 0.000000201. The molecule has 0 aromatic heterocycles. The molecule has 4 amide bonds. The van der Waals surface area contributed by atoms with Crippen LogP contribution < -0.4 is 20.1 Å². The molecule has 60 heavy (non-hydrogen) atoms. The topological polar surface area (TPSA) is 129 Å². The molecule has 16 heteroatoms. The largest absolute Gasteiger partial charge is 0.457 e. The first-order valence-corrected chi connectivity index (χ1v) is 19.2. The molecule has 3 atom stereocenters. The van der Waals surface area contributed by atoms with Gasteiger partial charge in [0.2, 0.25) is 0 Å². The minimum Gasteiger partial charge on any atom is -0.457 e. The van der Waals surface area contributed by atoms with Crippen LogP contribution in [0.15, 0.2) is 60.7 Å². The number of hydrogen-bond acceptors (Lipinski definition) is 8. The Labute approximate surface area is 341 Å². The molecule has 0 bridgehead atoms. The van der Waals surface area contributed by atoms with Gasteiger partial charge in [-0.3, -0.25) is 20.2 Å². The molecule has 0 spiro atoms. The molecule has 318 valence electrons. The van der Waals surface area contributed by atoms with E-state index in [1.54, 1.807) is 38.1 Å². The summed E-state index contributed by atoms with van der Waals surface area (Å²) in [7, 11) is 0. The molecule has 2 saturated heterocycles. The lowest BCUT2D eigenvalue weighted by Crippen LogP contribution is -2.31. The van der Waals surface area contributed by atoms with Crippen LogP contribution in [0, 0.1) is 27.7 Å². The number of aryl methyl sites for hydroxylation is 6. The van der Waals surface area contributed by atoms with Crippen molar-refractivity contribution in [3.63, 3.8) is 0 Å². The highest BCUT2D eigenvalue weighted by Crippen LogP contribution is 2.41. The summed E-state index contributed by atoms with van der Waals surface area (Å²) in [6, 6.07) is 15.6. The summed E-state index contributed by atoms with van der Waals surface area (Å²) in [5.74, 6) is 0.551. The van der Waals surface area contributed by atoms with Crippen molar-refractivity contribution in [2.75, 3.05) is 0 Å². The molecule has 1 unspecified atom stereocenters. The van der Waals surface area contributed by atoms with Gasteiger partial charge < -0.3 is 18.9 Å². The van der Waals surface area contributed by atoms with Gasteiger partial charge in [-0.25, -0.2) is 9.59 Å². The Morgan fingerprint density at radius 1 is 0.667 bits per heavy atom. The Bertz CT molecular complexity index is 2340. The zero-order valence-electron chi connectivity index (χ0n) is 33.3. The van der Waals surface area contributed by atoms with Gasteiger partial charge in [-0.15, -0.1) is 0 Å². The number of cyclic esters (lactones) is 2. The molecule has 0 radical (unpaired) electrons. The molecule has 2 fully saturated rings. The summed E-state index contributed by atoms with van der Waals surface area (Å²) in [4.78, 5) is 46.4. The smallest absolute Gasteiger partial charge is 0.416 e. The molecule has 4 aromatic carbocycles. The van der Waals surface area contributed by atoms with Crippen molar-refractivity contribution in [1.82, 2.24) is 10.6 Å². The van der Waals surface area contributed by atoms with Gasteiger partial charge in [0.15, 0.2) is 12.2 Å². The average molecular weight is 841 g/mol. The number of benzene rings is 4. The van der Waals surface area contributed by atoms with E-state index in [1.165, 1.54) is 26.0 Å². The molecular formula is C44H42F6N2O8. The summed E-state index contributed by atoms with van der Waals surface area (Å²) in [5, 5.41) is 4.27. The fraction of sp³-hybridized carbons (Fsp3) is 0.364. The number of fused-ring (bicyclic) bond motifs is 1. The van der Waals surface area contributed by atoms with Crippen LogP contribution in [0.1, 0.15) is 87.7 Å². The lowest BCUT2D eigenvalue weighted by molar-refractivity contribution is -0.138. The second kappa shape index (κ2) is 17.3. The van der Waals surface area contributed by atoms with Crippen LogP contribution in [0.25, 0.3) is 0 Å². The first kappa shape index (κ1) is 43.5.